The van der Waals surface area contributed by atoms with Gasteiger partial charge in [0.1, 0.15) is 5.82 Å². The standard InChI is InChI=1S/C16H9ClFNO/c17-14-8-12(18)5-6-13(14)16(20)11-7-10-3-1-2-4-15(10)19-9-11/h1-9H. The number of hydrogen-bond acceptors (Lipinski definition) is 2. The lowest BCUT2D eigenvalue weighted by Gasteiger charge is -2.05. The van der Waals surface area contributed by atoms with Crippen LogP contribution in [0.1, 0.15) is 15.9 Å². The van der Waals surface area contributed by atoms with Gasteiger partial charge in [-0.25, -0.2) is 4.39 Å². The lowest BCUT2D eigenvalue weighted by atomic mass is 10.0. The third kappa shape index (κ3) is 2.28. The number of halogens is 2. The Bertz CT molecular complexity index is 816. The van der Waals surface area contributed by atoms with Crippen LogP contribution in [0.5, 0.6) is 0 Å². The van der Waals surface area contributed by atoms with Crippen molar-refractivity contribution in [2.24, 2.45) is 0 Å². The van der Waals surface area contributed by atoms with Crippen LogP contribution >= 0.6 is 11.6 Å². The predicted molar refractivity (Wildman–Crippen MR) is 76.6 cm³/mol. The lowest BCUT2D eigenvalue weighted by Crippen LogP contribution is -2.03. The molecule has 0 aliphatic heterocycles. The van der Waals surface area contributed by atoms with Gasteiger partial charge in [0.15, 0.2) is 5.78 Å². The summed E-state index contributed by atoms with van der Waals surface area (Å²) in [4.78, 5) is 16.6. The first-order valence-corrected chi connectivity index (χ1v) is 6.37. The number of ketones is 1. The van der Waals surface area contributed by atoms with Crippen molar-refractivity contribution in [2.75, 3.05) is 0 Å². The summed E-state index contributed by atoms with van der Waals surface area (Å²) in [5.74, 6) is -0.739. The molecule has 4 heteroatoms. The van der Waals surface area contributed by atoms with Gasteiger partial charge in [0.2, 0.25) is 0 Å². The van der Waals surface area contributed by atoms with Gasteiger partial charge in [-0.2, -0.15) is 0 Å². The molecule has 0 amide bonds. The molecule has 0 aliphatic carbocycles. The number of rotatable bonds is 2. The first kappa shape index (κ1) is 12.8. The van der Waals surface area contributed by atoms with Gasteiger partial charge < -0.3 is 0 Å². The molecule has 3 rings (SSSR count). The molecule has 1 heterocycles. The van der Waals surface area contributed by atoms with Crippen LogP contribution in [0.2, 0.25) is 5.02 Å². The highest BCUT2D eigenvalue weighted by Crippen LogP contribution is 2.22. The van der Waals surface area contributed by atoms with Crippen molar-refractivity contribution in [1.82, 2.24) is 4.98 Å². The summed E-state index contributed by atoms with van der Waals surface area (Å²) >= 11 is 5.91. The molecular weight excluding hydrogens is 277 g/mol. The van der Waals surface area contributed by atoms with Crippen LogP contribution in [-0.2, 0) is 0 Å². The van der Waals surface area contributed by atoms with E-state index in [0.717, 1.165) is 17.0 Å². The zero-order valence-corrected chi connectivity index (χ0v) is 11.1. The molecule has 3 aromatic rings. The van der Waals surface area contributed by atoms with Crippen LogP contribution in [0.15, 0.2) is 54.7 Å². The Hall–Kier alpha value is -2.26. The van der Waals surface area contributed by atoms with Crippen molar-refractivity contribution < 1.29 is 9.18 Å². The van der Waals surface area contributed by atoms with E-state index in [2.05, 4.69) is 4.98 Å². The van der Waals surface area contributed by atoms with E-state index in [1.165, 1.54) is 18.3 Å². The summed E-state index contributed by atoms with van der Waals surface area (Å²) in [5, 5.41) is 0.972. The second-order valence-corrected chi connectivity index (χ2v) is 4.78. The Morgan fingerprint density at radius 2 is 1.90 bits per heavy atom. The van der Waals surface area contributed by atoms with E-state index in [-0.39, 0.29) is 16.4 Å². The van der Waals surface area contributed by atoms with Gasteiger partial charge in [0, 0.05) is 22.7 Å². The van der Waals surface area contributed by atoms with Crippen LogP contribution in [-0.4, -0.2) is 10.8 Å². The summed E-state index contributed by atoms with van der Waals surface area (Å²) < 4.78 is 13.0. The number of para-hydroxylation sites is 1. The van der Waals surface area contributed by atoms with Crippen molar-refractivity contribution >= 4 is 28.3 Å². The highest BCUT2D eigenvalue weighted by Gasteiger charge is 2.14. The smallest absolute Gasteiger partial charge is 0.196 e. The molecule has 1 aromatic heterocycles. The molecular formula is C16H9ClFNO. The van der Waals surface area contributed by atoms with Gasteiger partial charge in [-0.3, -0.25) is 9.78 Å². The molecule has 0 radical (unpaired) electrons. The molecule has 0 fully saturated rings. The Morgan fingerprint density at radius 1 is 1.10 bits per heavy atom. The van der Waals surface area contributed by atoms with Crippen molar-refractivity contribution in [2.45, 2.75) is 0 Å². The van der Waals surface area contributed by atoms with Gasteiger partial charge in [0.25, 0.3) is 0 Å². The maximum Gasteiger partial charge on any atom is 0.196 e. The average molecular weight is 286 g/mol. The van der Waals surface area contributed by atoms with Crippen LogP contribution in [0.4, 0.5) is 4.39 Å². The second kappa shape index (κ2) is 5.02. The van der Waals surface area contributed by atoms with Crippen LogP contribution in [0, 0.1) is 5.82 Å². The molecule has 98 valence electrons. The minimum atomic E-state index is -0.469. The Morgan fingerprint density at radius 3 is 2.70 bits per heavy atom. The van der Waals surface area contributed by atoms with Crippen LogP contribution < -0.4 is 0 Å². The lowest BCUT2D eigenvalue weighted by molar-refractivity contribution is 0.103. The normalized spacial score (nSPS) is 10.7. The van der Waals surface area contributed by atoms with Crippen molar-refractivity contribution in [1.29, 1.82) is 0 Å². The van der Waals surface area contributed by atoms with Crippen molar-refractivity contribution in [3.63, 3.8) is 0 Å². The Kier molecular flexibility index (Phi) is 3.20. The molecule has 0 aliphatic rings. The summed E-state index contributed by atoms with van der Waals surface area (Å²) in [5.41, 5.74) is 1.51. The van der Waals surface area contributed by atoms with Gasteiger partial charge in [0.05, 0.1) is 10.5 Å². The van der Waals surface area contributed by atoms with Crippen LogP contribution in [0.3, 0.4) is 0 Å². The number of carbonyl (C=O) groups is 1. The van der Waals surface area contributed by atoms with Gasteiger partial charge in [-0.15, -0.1) is 0 Å². The fraction of sp³-hybridized carbons (Fsp3) is 0. The van der Waals surface area contributed by atoms with E-state index < -0.39 is 5.82 Å². The Balaban J connectivity index is 2.08. The predicted octanol–water partition coefficient (Wildman–Crippen LogP) is 4.26. The van der Waals surface area contributed by atoms with E-state index in [4.69, 9.17) is 11.6 Å². The Labute approximate surface area is 119 Å². The highest BCUT2D eigenvalue weighted by atomic mass is 35.5. The topological polar surface area (TPSA) is 30.0 Å². The number of aromatic nitrogens is 1. The minimum absolute atomic E-state index is 0.100. The van der Waals surface area contributed by atoms with Crippen molar-refractivity contribution in [3.05, 3.63) is 76.7 Å². The number of fused-ring (bicyclic) bond motifs is 1. The molecule has 0 bridgehead atoms. The van der Waals surface area contributed by atoms with E-state index in [1.54, 1.807) is 6.07 Å². The zero-order chi connectivity index (χ0) is 14.1. The first-order valence-electron chi connectivity index (χ1n) is 6.00. The molecule has 20 heavy (non-hydrogen) atoms. The molecule has 0 spiro atoms. The van der Waals surface area contributed by atoms with E-state index in [9.17, 15) is 9.18 Å². The van der Waals surface area contributed by atoms with Crippen molar-refractivity contribution in [3.8, 4) is 0 Å². The summed E-state index contributed by atoms with van der Waals surface area (Å²) in [6.07, 6.45) is 1.50. The molecule has 2 nitrogen and oxygen atoms in total. The quantitative estimate of drug-likeness (QED) is 0.659. The summed E-state index contributed by atoms with van der Waals surface area (Å²) in [7, 11) is 0. The molecule has 0 N–H and O–H groups in total. The van der Waals surface area contributed by atoms with E-state index in [1.807, 2.05) is 24.3 Å². The van der Waals surface area contributed by atoms with Gasteiger partial charge >= 0.3 is 0 Å². The minimum Gasteiger partial charge on any atom is -0.288 e. The highest BCUT2D eigenvalue weighted by molar-refractivity contribution is 6.35. The third-order valence-electron chi connectivity index (χ3n) is 3.03. The fourth-order valence-corrected chi connectivity index (χ4v) is 2.28. The first-order chi connectivity index (χ1) is 9.65. The maximum absolute atomic E-state index is 13.0. The van der Waals surface area contributed by atoms with Crippen LogP contribution in [0.25, 0.3) is 10.9 Å². The largest absolute Gasteiger partial charge is 0.288 e. The molecule has 0 saturated carbocycles. The maximum atomic E-state index is 13.0. The zero-order valence-electron chi connectivity index (χ0n) is 10.3. The second-order valence-electron chi connectivity index (χ2n) is 4.37. The number of benzene rings is 2. The average Bonchev–Trinajstić information content (AvgIpc) is 2.46. The summed E-state index contributed by atoms with van der Waals surface area (Å²) in [6.45, 7) is 0. The number of pyridine rings is 1. The fourth-order valence-electron chi connectivity index (χ4n) is 2.02. The SMILES string of the molecule is O=C(c1cnc2ccccc2c1)c1ccc(F)cc1Cl. The molecule has 0 unspecified atom stereocenters. The number of hydrogen-bond donors (Lipinski definition) is 0. The van der Waals surface area contributed by atoms with E-state index >= 15 is 0 Å². The molecule has 2 aromatic carbocycles. The number of nitrogens with zero attached hydrogens (tertiary/aromatic N) is 1. The summed E-state index contributed by atoms with van der Waals surface area (Å²) in [6, 6.07) is 13.0. The number of carbonyl (C=O) groups excluding carboxylic acids is 1. The molecule has 0 saturated heterocycles. The third-order valence-corrected chi connectivity index (χ3v) is 3.34. The molecule has 0 atom stereocenters. The monoisotopic (exact) mass is 285 g/mol. The van der Waals surface area contributed by atoms with Gasteiger partial charge in [-0.1, -0.05) is 29.8 Å². The van der Waals surface area contributed by atoms with Gasteiger partial charge in [-0.05, 0) is 30.3 Å². The van der Waals surface area contributed by atoms with E-state index in [0.29, 0.717) is 5.56 Å².